The van der Waals surface area contributed by atoms with E-state index in [4.69, 9.17) is 4.74 Å². The normalized spacial score (nSPS) is 22.5. The van der Waals surface area contributed by atoms with E-state index in [1.165, 1.54) is 0 Å². The highest BCUT2D eigenvalue weighted by Gasteiger charge is 2.22. The Morgan fingerprint density at radius 1 is 1.45 bits per heavy atom. The second-order valence-electron chi connectivity index (χ2n) is 5.22. The van der Waals surface area contributed by atoms with Crippen molar-refractivity contribution in [2.45, 2.75) is 51.7 Å². The molecule has 2 rings (SSSR count). The van der Waals surface area contributed by atoms with Crippen molar-refractivity contribution in [2.75, 3.05) is 11.9 Å². The van der Waals surface area contributed by atoms with Gasteiger partial charge in [0.25, 0.3) is 5.69 Å². The van der Waals surface area contributed by atoms with E-state index < -0.39 is 0 Å². The van der Waals surface area contributed by atoms with Crippen LogP contribution in [0.5, 0.6) is 0 Å². The predicted octanol–water partition coefficient (Wildman–Crippen LogP) is 3.53. The first-order valence-corrected chi connectivity index (χ1v) is 7.29. The van der Waals surface area contributed by atoms with Gasteiger partial charge in [-0.3, -0.25) is 10.1 Å². The summed E-state index contributed by atoms with van der Waals surface area (Å²) in [5.41, 5.74) is 1.81. The van der Waals surface area contributed by atoms with Gasteiger partial charge in [-0.05, 0) is 31.7 Å². The van der Waals surface area contributed by atoms with Crippen molar-refractivity contribution < 1.29 is 9.66 Å². The lowest BCUT2D eigenvalue weighted by Gasteiger charge is -2.30. The van der Waals surface area contributed by atoms with E-state index in [9.17, 15) is 10.1 Å². The second kappa shape index (κ2) is 6.70. The molecule has 2 atom stereocenters. The van der Waals surface area contributed by atoms with Crippen molar-refractivity contribution in [2.24, 2.45) is 0 Å². The quantitative estimate of drug-likeness (QED) is 0.661. The lowest BCUT2D eigenvalue weighted by Crippen LogP contribution is -2.33. The van der Waals surface area contributed by atoms with Gasteiger partial charge in [0.15, 0.2) is 0 Å². The number of hydrogen-bond acceptors (Lipinski definition) is 4. The summed E-state index contributed by atoms with van der Waals surface area (Å²) in [7, 11) is 0. The molecule has 5 nitrogen and oxygen atoms in total. The largest absolute Gasteiger partial charge is 0.382 e. The lowest BCUT2D eigenvalue weighted by molar-refractivity contribution is -0.385. The molecular weight excluding hydrogens is 256 g/mol. The molecule has 1 fully saturated rings. The van der Waals surface area contributed by atoms with Gasteiger partial charge in [0.1, 0.15) is 0 Å². The molecule has 0 aliphatic carbocycles. The Morgan fingerprint density at radius 2 is 2.25 bits per heavy atom. The molecule has 1 N–H and O–H groups in total. The Morgan fingerprint density at radius 3 is 2.90 bits per heavy atom. The number of nitro benzene ring substituents is 1. The molecule has 1 saturated heterocycles. The Balaban J connectivity index is 2.09. The molecule has 1 aromatic carbocycles. The first kappa shape index (κ1) is 14.8. The summed E-state index contributed by atoms with van der Waals surface area (Å²) >= 11 is 0. The van der Waals surface area contributed by atoms with Gasteiger partial charge in [-0.2, -0.15) is 0 Å². The third kappa shape index (κ3) is 3.48. The van der Waals surface area contributed by atoms with Crippen LogP contribution in [0.1, 0.15) is 38.7 Å². The highest BCUT2D eigenvalue weighted by Crippen LogP contribution is 2.26. The zero-order valence-electron chi connectivity index (χ0n) is 12.1. The summed E-state index contributed by atoms with van der Waals surface area (Å²) < 4.78 is 5.65. The van der Waals surface area contributed by atoms with E-state index in [-0.39, 0.29) is 10.6 Å². The van der Waals surface area contributed by atoms with Gasteiger partial charge in [0.05, 0.1) is 11.0 Å². The summed E-state index contributed by atoms with van der Waals surface area (Å²) in [5, 5.41) is 14.5. The van der Waals surface area contributed by atoms with Crippen molar-refractivity contribution in [1.82, 2.24) is 0 Å². The van der Waals surface area contributed by atoms with Crippen LogP contribution < -0.4 is 5.32 Å². The monoisotopic (exact) mass is 278 g/mol. The van der Waals surface area contributed by atoms with E-state index in [0.717, 1.165) is 37.1 Å². The third-order valence-electron chi connectivity index (χ3n) is 3.86. The van der Waals surface area contributed by atoms with E-state index >= 15 is 0 Å². The van der Waals surface area contributed by atoms with E-state index in [2.05, 4.69) is 12.2 Å². The smallest absolute Gasteiger partial charge is 0.274 e. The van der Waals surface area contributed by atoms with Crippen LogP contribution in [0.25, 0.3) is 0 Å². The van der Waals surface area contributed by atoms with Crippen molar-refractivity contribution in [3.63, 3.8) is 0 Å². The molecule has 0 amide bonds. The fourth-order valence-corrected chi connectivity index (χ4v) is 2.65. The number of nitrogens with zero attached hydrogens (tertiary/aromatic N) is 1. The lowest BCUT2D eigenvalue weighted by atomic mass is 10.0. The van der Waals surface area contributed by atoms with Gasteiger partial charge < -0.3 is 10.1 Å². The summed E-state index contributed by atoms with van der Waals surface area (Å²) in [4.78, 5) is 10.8. The Hall–Kier alpha value is -1.62. The molecule has 1 heterocycles. The van der Waals surface area contributed by atoms with Crippen molar-refractivity contribution in [3.05, 3.63) is 33.9 Å². The second-order valence-corrected chi connectivity index (χ2v) is 5.22. The number of benzene rings is 1. The molecule has 0 bridgehead atoms. The van der Waals surface area contributed by atoms with Crippen molar-refractivity contribution in [3.8, 4) is 0 Å². The first-order valence-electron chi connectivity index (χ1n) is 7.29. The van der Waals surface area contributed by atoms with Gasteiger partial charge in [-0.15, -0.1) is 0 Å². The van der Waals surface area contributed by atoms with E-state index in [1.54, 1.807) is 6.07 Å². The van der Waals surface area contributed by atoms with Crippen LogP contribution in [-0.2, 0) is 11.2 Å². The van der Waals surface area contributed by atoms with Gasteiger partial charge >= 0.3 is 0 Å². The molecule has 0 radical (unpaired) electrons. The fourth-order valence-electron chi connectivity index (χ4n) is 2.65. The van der Waals surface area contributed by atoms with Crippen LogP contribution in [0, 0.1) is 10.1 Å². The summed E-state index contributed by atoms with van der Waals surface area (Å²) in [6.45, 7) is 4.80. The highest BCUT2D eigenvalue weighted by molar-refractivity contribution is 5.55. The van der Waals surface area contributed by atoms with Crippen molar-refractivity contribution in [1.29, 1.82) is 0 Å². The number of rotatable bonds is 5. The number of anilines is 1. The Bertz CT molecular complexity index is 476. The average molecular weight is 278 g/mol. The van der Waals surface area contributed by atoms with Crippen LogP contribution in [0.4, 0.5) is 11.4 Å². The first-order chi connectivity index (χ1) is 9.63. The molecule has 0 aromatic heterocycles. The number of nitrogens with one attached hydrogen (secondary N) is 1. The molecule has 20 heavy (non-hydrogen) atoms. The van der Waals surface area contributed by atoms with Crippen LogP contribution in [0.2, 0.25) is 0 Å². The highest BCUT2D eigenvalue weighted by atomic mass is 16.6. The molecule has 1 aliphatic rings. The van der Waals surface area contributed by atoms with E-state index in [0.29, 0.717) is 18.6 Å². The fraction of sp³-hybridized carbons (Fsp3) is 0.600. The predicted molar refractivity (Wildman–Crippen MR) is 79.2 cm³/mol. The summed E-state index contributed by atoms with van der Waals surface area (Å²) in [6, 6.07) is 5.76. The molecule has 1 aliphatic heterocycles. The minimum atomic E-state index is -0.303. The maximum atomic E-state index is 11.1. The molecule has 110 valence electrons. The van der Waals surface area contributed by atoms with E-state index in [1.807, 2.05) is 19.1 Å². The molecule has 0 saturated carbocycles. The SMILES string of the molecule is CCc1ccc(NC2CCOC(CC)C2)cc1[N+](=O)[O-]. The Labute approximate surface area is 119 Å². The zero-order chi connectivity index (χ0) is 14.5. The molecule has 5 heteroatoms. The van der Waals surface area contributed by atoms with Crippen LogP contribution in [0.3, 0.4) is 0 Å². The van der Waals surface area contributed by atoms with Gasteiger partial charge in [-0.1, -0.05) is 19.9 Å². The van der Waals surface area contributed by atoms with Crippen LogP contribution in [-0.4, -0.2) is 23.7 Å². The van der Waals surface area contributed by atoms with Crippen LogP contribution >= 0.6 is 0 Å². The van der Waals surface area contributed by atoms with Crippen LogP contribution in [0.15, 0.2) is 18.2 Å². The Kier molecular flexibility index (Phi) is 4.95. The molecule has 2 unspecified atom stereocenters. The van der Waals surface area contributed by atoms with Crippen molar-refractivity contribution >= 4 is 11.4 Å². The maximum absolute atomic E-state index is 11.1. The molecule has 1 aromatic rings. The summed E-state index contributed by atoms with van der Waals surface area (Å²) in [5.74, 6) is 0. The number of nitro groups is 1. The van der Waals surface area contributed by atoms with Gasteiger partial charge in [-0.25, -0.2) is 0 Å². The van der Waals surface area contributed by atoms with Gasteiger partial charge in [0.2, 0.25) is 0 Å². The topological polar surface area (TPSA) is 64.4 Å². The minimum absolute atomic E-state index is 0.205. The average Bonchev–Trinajstić information content (AvgIpc) is 2.47. The van der Waals surface area contributed by atoms with Gasteiger partial charge in [0, 0.05) is 30.0 Å². The third-order valence-corrected chi connectivity index (χ3v) is 3.86. The number of aryl methyl sites for hydroxylation is 1. The summed E-state index contributed by atoms with van der Waals surface area (Å²) in [6.07, 6.45) is 3.88. The number of ether oxygens (including phenoxy) is 1. The minimum Gasteiger partial charge on any atom is -0.382 e. The standard InChI is InChI=1S/C15H22N2O3/c1-3-11-5-6-12(10-15(11)17(18)19)16-13-7-8-20-14(4-2)9-13/h5-6,10,13-14,16H,3-4,7-9H2,1-2H3. The molecular formula is C15H22N2O3. The zero-order valence-corrected chi connectivity index (χ0v) is 12.1. The molecule has 0 spiro atoms. The maximum Gasteiger partial charge on any atom is 0.274 e. The number of hydrogen-bond donors (Lipinski definition) is 1.